The van der Waals surface area contributed by atoms with Gasteiger partial charge in [0.2, 0.25) is 0 Å². The number of carbonyl (C=O) groups is 1. The quantitative estimate of drug-likeness (QED) is 0.159. The lowest BCUT2D eigenvalue weighted by Crippen LogP contribution is -2.38. The van der Waals surface area contributed by atoms with Crippen LogP contribution in [0.25, 0.3) is 0 Å². The van der Waals surface area contributed by atoms with E-state index in [1.807, 2.05) is 12.1 Å². The Hall–Kier alpha value is -3.15. The molecule has 2 rings (SSSR count). The number of anilines is 2. The van der Waals surface area contributed by atoms with Crippen molar-refractivity contribution in [1.82, 2.24) is 20.6 Å². The molecule has 8 N–H and O–H groups in total. The fraction of sp³-hybridized carbons (Fsp3) is 0.429. The molecule has 33 heavy (non-hydrogen) atoms. The Balaban J connectivity index is 1.66. The molecule has 1 amide bonds. The highest BCUT2D eigenvalue weighted by atomic mass is 35.5. The Morgan fingerprint density at radius 1 is 1.09 bits per heavy atom. The van der Waals surface area contributed by atoms with Crippen molar-refractivity contribution in [2.75, 3.05) is 51.4 Å². The van der Waals surface area contributed by atoms with Crippen LogP contribution in [-0.2, 0) is 11.2 Å². The van der Waals surface area contributed by atoms with Crippen LogP contribution in [0.1, 0.15) is 28.9 Å². The summed E-state index contributed by atoms with van der Waals surface area (Å²) in [5.41, 5.74) is 17.9. The van der Waals surface area contributed by atoms with E-state index in [4.69, 9.17) is 38.3 Å². The first-order chi connectivity index (χ1) is 15.9. The van der Waals surface area contributed by atoms with Gasteiger partial charge in [-0.1, -0.05) is 23.7 Å². The second-order valence-corrected chi connectivity index (χ2v) is 7.40. The van der Waals surface area contributed by atoms with E-state index in [-0.39, 0.29) is 28.4 Å². The van der Waals surface area contributed by atoms with E-state index in [0.717, 1.165) is 38.1 Å². The van der Waals surface area contributed by atoms with Crippen LogP contribution < -0.4 is 32.6 Å². The molecule has 0 aliphatic rings. The van der Waals surface area contributed by atoms with Crippen molar-refractivity contribution in [3.8, 4) is 5.75 Å². The number of benzene rings is 1. The monoisotopic (exact) mass is 478 g/mol. The third-order valence-electron chi connectivity index (χ3n) is 4.47. The van der Waals surface area contributed by atoms with Gasteiger partial charge in [-0.05, 0) is 37.0 Å². The van der Waals surface area contributed by atoms with Gasteiger partial charge in [0.15, 0.2) is 28.4 Å². The van der Waals surface area contributed by atoms with Gasteiger partial charge < -0.3 is 32.0 Å². The van der Waals surface area contributed by atoms with E-state index >= 15 is 0 Å². The number of aryl methyl sites for hydroxylation is 1. The van der Waals surface area contributed by atoms with Crippen LogP contribution in [0.2, 0.25) is 5.15 Å². The first-order valence-corrected chi connectivity index (χ1v) is 10.9. The SMILES string of the molecule is COCCNCCOc1ccc(CCCCN=C(N)NC(=O)c2nc(Cl)c(N)nc2N)cc1. The van der Waals surface area contributed by atoms with E-state index in [0.29, 0.717) is 19.8 Å². The fourth-order valence-corrected chi connectivity index (χ4v) is 2.88. The van der Waals surface area contributed by atoms with Crippen molar-refractivity contribution in [2.24, 2.45) is 10.7 Å². The number of nitrogens with two attached hydrogens (primary N) is 3. The highest BCUT2D eigenvalue weighted by Crippen LogP contribution is 2.17. The molecule has 0 aliphatic heterocycles. The molecule has 12 heteroatoms. The van der Waals surface area contributed by atoms with E-state index < -0.39 is 5.91 Å². The molecule has 11 nitrogen and oxygen atoms in total. The summed E-state index contributed by atoms with van der Waals surface area (Å²) in [4.78, 5) is 23.9. The number of nitrogen functional groups attached to an aromatic ring is 2. The van der Waals surface area contributed by atoms with Gasteiger partial charge in [-0.25, -0.2) is 9.97 Å². The van der Waals surface area contributed by atoms with Crippen LogP contribution in [0.4, 0.5) is 11.6 Å². The summed E-state index contributed by atoms with van der Waals surface area (Å²) >= 11 is 5.78. The van der Waals surface area contributed by atoms with Crippen LogP contribution in [0.15, 0.2) is 29.3 Å². The van der Waals surface area contributed by atoms with Crippen LogP contribution in [0.5, 0.6) is 5.75 Å². The minimum absolute atomic E-state index is 0.0349. The zero-order chi connectivity index (χ0) is 24.1. The molecular formula is C21H31ClN8O3. The summed E-state index contributed by atoms with van der Waals surface area (Å²) in [6.45, 7) is 3.33. The van der Waals surface area contributed by atoms with Gasteiger partial charge in [-0.15, -0.1) is 0 Å². The Bertz CT molecular complexity index is 924. The summed E-state index contributed by atoms with van der Waals surface area (Å²) in [6.07, 6.45) is 2.62. The predicted octanol–water partition coefficient (Wildman–Crippen LogP) is 0.977. The van der Waals surface area contributed by atoms with Crippen LogP contribution in [0, 0.1) is 0 Å². The van der Waals surface area contributed by atoms with E-state index in [1.54, 1.807) is 7.11 Å². The standard InChI is InChI=1S/C21H31ClN8O3/c1-32-12-10-26-11-13-33-15-7-5-14(6-8-15)4-2-3-9-27-21(25)30-20(31)16-18(23)29-19(24)17(22)28-16/h5-8,26H,2-4,9-13H2,1H3,(H4,23,24,29)(H3,25,27,30,31). The third kappa shape index (κ3) is 9.48. The smallest absolute Gasteiger partial charge is 0.280 e. The second-order valence-electron chi connectivity index (χ2n) is 7.05. The molecule has 0 fully saturated rings. The Kier molecular flexibility index (Phi) is 11.1. The lowest BCUT2D eigenvalue weighted by Gasteiger charge is -2.08. The summed E-state index contributed by atoms with van der Waals surface area (Å²) in [6, 6.07) is 8.03. The number of unbranched alkanes of at least 4 members (excludes halogenated alkanes) is 1. The van der Waals surface area contributed by atoms with Gasteiger partial charge in [-0.2, -0.15) is 0 Å². The second kappa shape index (κ2) is 14.1. The van der Waals surface area contributed by atoms with Gasteiger partial charge in [0.05, 0.1) is 6.61 Å². The first-order valence-electron chi connectivity index (χ1n) is 10.5. The van der Waals surface area contributed by atoms with E-state index in [1.165, 1.54) is 5.56 Å². The Morgan fingerprint density at radius 3 is 2.55 bits per heavy atom. The maximum Gasteiger partial charge on any atom is 0.280 e. The zero-order valence-corrected chi connectivity index (χ0v) is 19.4. The van der Waals surface area contributed by atoms with Crippen molar-refractivity contribution >= 4 is 35.1 Å². The summed E-state index contributed by atoms with van der Waals surface area (Å²) in [5, 5.41) is 5.53. The molecule has 0 saturated heterocycles. The van der Waals surface area contributed by atoms with Crippen molar-refractivity contribution < 1.29 is 14.3 Å². The average molecular weight is 479 g/mol. The number of nitrogens with one attached hydrogen (secondary N) is 2. The number of guanidine groups is 1. The van der Waals surface area contributed by atoms with Crippen LogP contribution >= 0.6 is 11.6 Å². The Morgan fingerprint density at radius 2 is 1.82 bits per heavy atom. The number of aromatic nitrogens is 2. The molecule has 0 bridgehead atoms. The number of rotatable bonds is 13. The van der Waals surface area contributed by atoms with Gasteiger partial charge in [0, 0.05) is 26.7 Å². The van der Waals surface area contributed by atoms with Gasteiger partial charge in [-0.3, -0.25) is 15.1 Å². The largest absolute Gasteiger partial charge is 0.492 e. The minimum atomic E-state index is -0.656. The molecule has 1 aromatic heterocycles. The van der Waals surface area contributed by atoms with Crippen molar-refractivity contribution in [1.29, 1.82) is 0 Å². The minimum Gasteiger partial charge on any atom is -0.492 e. The van der Waals surface area contributed by atoms with Crippen molar-refractivity contribution in [2.45, 2.75) is 19.3 Å². The number of ether oxygens (including phenoxy) is 2. The van der Waals surface area contributed by atoms with Crippen molar-refractivity contribution in [3.05, 3.63) is 40.7 Å². The van der Waals surface area contributed by atoms with Gasteiger partial charge in [0.25, 0.3) is 5.91 Å². The Labute approximate surface area is 198 Å². The number of amides is 1. The van der Waals surface area contributed by atoms with E-state index in [9.17, 15) is 4.79 Å². The first kappa shape index (κ1) is 26.1. The summed E-state index contributed by atoms with van der Waals surface area (Å²) in [7, 11) is 1.68. The van der Waals surface area contributed by atoms with Crippen LogP contribution in [0.3, 0.4) is 0 Å². The number of aliphatic imine (C=N–C) groups is 1. The van der Waals surface area contributed by atoms with Crippen molar-refractivity contribution in [3.63, 3.8) is 0 Å². The normalized spacial score (nSPS) is 11.4. The molecule has 0 radical (unpaired) electrons. The van der Waals surface area contributed by atoms with Gasteiger partial charge >= 0.3 is 0 Å². The number of carbonyl (C=O) groups excluding carboxylic acids is 1. The topological polar surface area (TPSA) is 176 Å². The zero-order valence-electron chi connectivity index (χ0n) is 18.6. The molecule has 180 valence electrons. The predicted molar refractivity (Wildman–Crippen MR) is 129 cm³/mol. The highest BCUT2D eigenvalue weighted by Gasteiger charge is 2.16. The number of halogens is 1. The maximum absolute atomic E-state index is 12.2. The maximum atomic E-state index is 12.2. The molecule has 0 atom stereocenters. The summed E-state index contributed by atoms with van der Waals surface area (Å²) in [5.74, 6) is -0.0467. The molecule has 1 aromatic carbocycles. The third-order valence-corrected chi connectivity index (χ3v) is 4.75. The number of nitrogens with zero attached hydrogens (tertiary/aromatic N) is 3. The van der Waals surface area contributed by atoms with Crippen LogP contribution in [-0.4, -0.2) is 61.8 Å². The molecule has 0 saturated carbocycles. The number of hydrogen-bond donors (Lipinski definition) is 5. The molecule has 1 heterocycles. The molecule has 0 unspecified atom stereocenters. The van der Waals surface area contributed by atoms with E-state index in [2.05, 4.69) is 37.7 Å². The number of methoxy groups -OCH3 is 1. The highest BCUT2D eigenvalue weighted by molar-refractivity contribution is 6.31. The summed E-state index contributed by atoms with van der Waals surface area (Å²) < 4.78 is 10.7. The molecule has 0 aliphatic carbocycles. The number of hydrogen-bond acceptors (Lipinski definition) is 9. The molecule has 2 aromatic rings. The molecule has 0 spiro atoms. The average Bonchev–Trinajstić information content (AvgIpc) is 2.79. The lowest BCUT2D eigenvalue weighted by molar-refractivity contribution is 0.0972. The van der Waals surface area contributed by atoms with Gasteiger partial charge in [0.1, 0.15) is 12.4 Å². The lowest BCUT2D eigenvalue weighted by atomic mass is 10.1. The fourth-order valence-electron chi connectivity index (χ4n) is 2.76. The molecular weight excluding hydrogens is 448 g/mol.